The second kappa shape index (κ2) is 2.64. The Morgan fingerprint density at radius 1 is 1.25 bits per heavy atom. The molecule has 0 unspecified atom stereocenters. The number of aromatic nitrogens is 1. The van der Waals surface area contributed by atoms with Crippen LogP contribution in [0.4, 0.5) is 8.78 Å². The van der Waals surface area contributed by atoms with Crippen LogP contribution in [0.5, 0.6) is 0 Å². The number of benzene rings is 1. The summed E-state index contributed by atoms with van der Waals surface area (Å²) in [5.41, 5.74) is 0.393. The molecule has 0 aliphatic carbocycles. The summed E-state index contributed by atoms with van der Waals surface area (Å²) in [7, 11) is 0. The van der Waals surface area contributed by atoms with Crippen LogP contribution in [-0.2, 0) is 0 Å². The predicted molar refractivity (Wildman–Crippen MR) is 44.5 cm³/mol. The van der Waals surface area contributed by atoms with Crippen molar-refractivity contribution >= 4 is 33.2 Å². The van der Waals surface area contributed by atoms with E-state index in [1.54, 1.807) is 0 Å². The van der Waals surface area contributed by atoms with E-state index in [0.29, 0.717) is 10.2 Å². The van der Waals surface area contributed by atoms with Crippen molar-refractivity contribution < 1.29 is 8.78 Å². The number of thiazole rings is 1. The molecular weight excluding hydrogens is 204 g/mol. The predicted octanol–water partition coefficient (Wildman–Crippen LogP) is 3.23. The maximum absolute atomic E-state index is 12.6. The molecular formula is C7H2ClF2NS. The normalized spacial score (nSPS) is 10.9. The molecule has 0 saturated carbocycles. The van der Waals surface area contributed by atoms with E-state index in [4.69, 9.17) is 11.6 Å². The first-order valence-electron chi connectivity index (χ1n) is 3.08. The smallest absolute Gasteiger partial charge is 0.184 e. The summed E-state index contributed by atoms with van der Waals surface area (Å²) in [6, 6.07) is 2.13. The summed E-state index contributed by atoms with van der Waals surface area (Å²) in [5, 5.41) is 0. The molecule has 0 radical (unpaired) electrons. The molecule has 12 heavy (non-hydrogen) atoms. The van der Waals surface area contributed by atoms with Gasteiger partial charge >= 0.3 is 0 Å². The molecule has 0 aliphatic heterocycles. The summed E-state index contributed by atoms with van der Waals surface area (Å²) in [6.45, 7) is 0. The van der Waals surface area contributed by atoms with Gasteiger partial charge in [-0.1, -0.05) is 11.6 Å². The van der Waals surface area contributed by atoms with Crippen LogP contribution < -0.4 is 0 Å². The molecule has 0 amide bonds. The standard InChI is InChI=1S/C7H2ClF2NS/c8-7-11-5-1-3(9)4(10)2-6(5)12-7/h1-2H. The average molecular weight is 206 g/mol. The fourth-order valence-electron chi connectivity index (χ4n) is 0.895. The minimum Gasteiger partial charge on any atom is -0.225 e. The Morgan fingerprint density at radius 3 is 2.67 bits per heavy atom. The quantitative estimate of drug-likeness (QED) is 0.644. The first kappa shape index (κ1) is 7.89. The first-order valence-corrected chi connectivity index (χ1v) is 4.27. The number of halogens is 3. The molecule has 5 heteroatoms. The third-order valence-electron chi connectivity index (χ3n) is 1.40. The molecule has 1 aromatic heterocycles. The van der Waals surface area contributed by atoms with Crippen molar-refractivity contribution in [2.45, 2.75) is 0 Å². The average Bonchev–Trinajstić information content (AvgIpc) is 2.30. The number of rotatable bonds is 0. The van der Waals surface area contributed by atoms with Gasteiger partial charge in [0.15, 0.2) is 16.1 Å². The highest BCUT2D eigenvalue weighted by Crippen LogP contribution is 2.27. The minimum atomic E-state index is -0.899. The van der Waals surface area contributed by atoms with Gasteiger partial charge in [0.2, 0.25) is 0 Å². The Bertz CT molecular complexity index is 401. The lowest BCUT2D eigenvalue weighted by Gasteiger charge is -1.90. The zero-order valence-electron chi connectivity index (χ0n) is 5.64. The lowest BCUT2D eigenvalue weighted by atomic mass is 10.3. The highest BCUT2D eigenvalue weighted by atomic mass is 35.5. The fourth-order valence-corrected chi connectivity index (χ4v) is 1.93. The summed E-state index contributed by atoms with van der Waals surface area (Å²) in [4.78, 5) is 3.79. The van der Waals surface area contributed by atoms with Gasteiger partial charge in [-0.05, 0) is 6.07 Å². The van der Waals surface area contributed by atoms with Gasteiger partial charge in [-0.2, -0.15) is 0 Å². The molecule has 62 valence electrons. The first-order chi connectivity index (χ1) is 5.66. The SMILES string of the molecule is Fc1cc2nc(Cl)sc2cc1F. The van der Waals surface area contributed by atoms with E-state index in [-0.39, 0.29) is 4.47 Å². The molecule has 0 N–H and O–H groups in total. The van der Waals surface area contributed by atoms with Gasteiger partial charge in [-0.3, -0.25) is 0 Å². The van der Waals surface area contributed by atoms with Crippen LogP contribution in [0.2, 0.25) is 4.47 Å². The lowest BCUT2D eigenvalue weighted by molar-refractivity contribution is 0.511. The molecule has 1 nitrogen and oxygen atoms in total. The molecule has 0 aliphatic rings. The molecule has 1 heterocycles. The summed E-state index contributed by atoms with van der Waals surface area (Å²) < 4.78 is 26.1. The maximum atomic E-state index is 12.6. The van der Waals surface area contributed by atoms with Gasteiger partial charge < -0.3 is 0 Å². The van der Waals surface area contributed by atoms with Crippen molar-refractivity contribution in [3.63, 3.8) is 0 Å². The second-order valence-electron chi connectivity index (χ2n) is 2.20. The van der Waals surface area contributed by atoms with Crippen LogP contribution in [0.25, 0.3) is 10.2 Å². The Morgan fingerprint density at radius 2 is 1.92 bits per heavy atom. The Hall–Kier alpha value is -0.740. The largest absolute Gasteiger partial charge is 0.225 e. The van der Waals surface area contributed by atoms with Crippen molar-refractivity contribution in [2.75, 3.05) is 0 Å². The monoisotopic (exact) mass is 205 g/mol. The van der Waals surface area contributed by atoms with Crippen molar-refractivity contribution in [1.29, 1.82) is 0 Å². The van der Waals surface area contributed by atoms with E-state index in [9.17, 15) is 8.78 Å². The van der Waals surface area contributed by atoms with E-state index < -0.39 is 11.6 Å². The van der Waals surface area contributed by atoms with Gasteiger partial charge in [0.1, 0.15) is 0 Å². The van der Waals surface area contributed by atoms with Crippen LogP contribution in [0.15, 0.2) is 12.1 Å². The molecule has 0 spiro atoms. The lowest BCUT2D eigenvalue weighted by Crippen LogP contribution is -1.81. The highest BCUT2D eigenvalue weighted by Gasteiger charge is 2.07. The third kappa shape index (κ3) is 1.17. The molecule has 2 rings (SSSR count). The van der Waals surface area contributed by atoms with E-state index >= 15 is 0 Å². The van der Waals surface area contributed by atoms with E-state index in [2.05, 4.69) is 4.98 Å². The molecule has 1 aromatic carbocycles. The summed E-state index contributed by atoms with van der Waals surface area (Å²) in [6.07, 6.45) is 0. The van der Waals surface area contributed by atoms with Gasteiger partial charge in [0, 0.05) is 6.07 Å². The van der Waals surface area contributed by atoms with Crippen molar-refractivity contribution in [3.8, 4) is 0 Å². The van der Waals surface area contributed by atoms with E-state index in [1.165, 1.54) is 0 Å². The van der Waals surface area contributed by atoms with Crippen LogP contribution in [0.1, 0.15) is 0 Å². The Kier molecular flexibility index (Phi) is 1.73. The van der Waals surface area contributed by atoms with Gasteiger partial charge in [0.25, 0.3) is 0 Å². The van der Waals surface area contributed by atoms with Crippen LogP contribution in [-0.4, -0.2) is 4.98 Å². The number of nitrogens with zero attached hydrogens (tertiary/aromatic N) is 1. The highest BCUT2D eigenvalue weighted by molar-refractivity contribution is 7.22. The zero-order chi connectivity index (χ0) is 8.72. The summed E-state index contributed by atoms with van der Waals surface area (Å²) >= 11 is 6.67. The number of hydrogen-bond donors (Lipinski definition) is 0. The van der Waals surface area contributed by atoms with Crippen molar-refractivity contribution in [2.24, 2.45) is 0 Å². The minimum absolute atomic E-state index is 0.287. The topological polar surface area (TPSA) is 12.9 Å². The molecule has 0 saturated heterocycles. The number of hydrogen-bond acceptors (Lipinski definition) is 2. The van der Waals surface area contributed by atoms with Crippen LogP contribution in [0, 0.1) is 11.6 Å². The van der Waals surface area contributed by atoms with Gasteiger partial charge in [-0.25, -0.2) is 13.8 Å². The van der Waals surface area contributed by atoms with E-state index in [1.807, 2.05) is 0 Å². The Balaban J connectivity index is 2.83. The van der Waals surface area contributed by atoms with Crippen molar-refractivity contribution in [1.82, 2.24) is 4.98 Å². The number of fused-ring (bicyclic) bond motifs is 1. The second-order valence-corrected chi connectivity index (χ2v) is 3.81. The van der Waals surface area contributed by atoms with Gasteiger partial charge in [-0.15, -0.1) is 11.3 Å². The summed E-state index contributed by atoms with van der Waals surface area (Å²) in [5.74, 6) is -1.77. The fraction of sp³-hybridized carbons (Fsp3) is 0. The molecule has 0 atom stereocenters. The van der Waals surface area contributed by atoms with Crippen molar-refractivity contribution in [3.05, 3.63) is 28.2 Å². The maximum Gasteiger partial charge on any atom is 0.184 e. The third-order valence-corrected chi connectivity index (χ3v) is 2.53. The molecule has 0 bridgehead atoms. The van der Waals surface area contributed by atoms with Crippen LogP contribution >= 0.6 is 22.9 Å². The zero-order valence-corrected chi connectivity index (χ0v) is 7.22. The van der Waals surface area contributed by atoms with Gasteiger partial charge in [0.05, 0.1) is 10.2 Å². The molecule has 2 aromatic rings. The van der Waals surface area contributed by atoms with E-state index in [0.717, 1.165) is 23.5 Å². The Labute approximate surface area is 75.6 Å². The molecule has 0 fully saturated rings. The van der Waals surface area contributed by atoms with Crippen LogP contribution in [0.3, 0.4) is 0 Å².